The number of hydrogen-bond acceptors (Lipinski definition) is 5. The van der Waals surface area contributed by atoms with Crippen molar-refractivity contribution in [3.05, 3.63) is 77.5 Å². The zero-order valence-corrected chi connectivity index (χ0v) is 17.1. The summed E-state index contributed by atoms with van der Waals surface area (Å²) in [5.41, 5.74) is 4.52. The molecule has 0 spiro atoms. The Kier molecular flexibility index (Phi) is 5.30. The Bertz CT molecular complexity index is 1070. The van der Waals surface area contributed by atoms with Crippen LogP contribution in [0.15, 0.2) is 66.0 Å². The van der Waals surface area contributed by atoms with Crippen LogP contribution in [-0.2, 0) is 6.54 Å². The second-order valence-electron chi connectivity index (χ2n) is 6.86. The zero-order valence-electron chi connectivity index (χ0n) is 16.3. The molecule has 2 aromatic heterocycles. The lowest BCUT2D eigenvalue weighted by molar-refractivity contribution is 0.699. The average Bonchev–Trinajstić information content (AvgIpc) is 3.12. The molecule has 2 heterocycles. The maximum Gasteiger partial charge on any atom is 0.191 e. The average molecular weight is 390 g/mol. The van der Waals surface area contributed by atoms with Gasteiger partial charge in [0, 0.05) is 6.04 Å². The lowest BCUT2D eigenvalue weighted by Gasteiger charge is -2.16. The molecule has 0 aliphatic carbocycles. The molecule has 28 heavy (non-hydrogen) atoms. The van der Waals surface area contributed by atoms with Crippen LogP contribution in [0.1, 0.15) is 29.7 Å². The van der Waals surface area contributed by atoms with Gasteiger partial charge in [0.05, 0.1) is 18.1 Å². The van der Waals surface area contributed by atoms with Crippen molar-refractivity contribution in [3.63, 3.8) is 0 Å². The van der Waals surface area contributed by atoms with Gasteiger partial charge in [0.2, 0.25) is 0 Å². The largest absolute Gasteiger partial charge is 0.363 e. The minimum Gasteiger partial charge on any atom is -0.363 e. The third kappa shape index (κ3) is 3.87. The van der Waals surface area contributed by atoms with Crippen LogP contribution in [0.5, 0.6) is 0 Å². The second kappa shape index (κ2) is 8.02. The van der Waals surface area contributed by atoms with Crippen LogP contribution in [0.4, 0.5) is 5.82 Å². The standard InChI is InChI=1S/C22H23N5S/c1-15-9-11-18(12-10-15)16(2)24-20-19-13-23-27(14-17-7-5-4-6-8-17)21(19)26-22(25-20)28-3/h4-13,16H,14H2,1-3H3,(H,24,25,26). The highest BCUT2D eigenvalue weighted by Crippen LogP contribution is 2.27. The normalized spacial score (nSPS) is 12.2. The number of nitrogens with zero attached hydrogens (tertiary/aromatic N) is 4. The van der Waals surface area contributed by atoms with Gasteiger partial charge in [-0.15, -0.1) is 0 Å². The van der Waals surface area contributed by atoms with Gasteiger partial charge in [0.1, 0.15) is 5.82 Å². The lowest BCUT2D eigenvalue weighted by atomic mass is 10.1. The molecule has 4 aromatic rings. The number of benzene rings is 2. The van der Waals surface area contributed by atoms with E-state index >= 15 is 0 Å². The van der Waals surface area contributed by atoms with Crippen LogP contribution in [-0.4, -0.2) is 26.0 Å². The molecule has 0 bridgehead atoms. The smallest absolute Gasteiger partial charge is 0.191 e. The molecule has 0 saturated carbocycles. The van der Waals surface area contributed by atoms with E-state index in [-0.39, 0.29) is 6.04 Å². The molecule has 142 valence electrons. The number of nitrogens with one attached hydrogen (secondary N) is 1. The van der Waals surface area contributed by atoms with Crippen molar-refractivity contribution >= 4 is 28.6 Å². The molecule has 2 aromatic carbocycles. The van der Waals surface area contributed by atoms with Gasteiger partial charge in [-0.05, 0) is 31.2 Å². The summed E-state index contributed by atoms with van der Waals surface area (Å²) in [4.78, 5) is 9.42. The van der Waals surface area contributed by atoms with Crippen molar-refractivity contribution in [2.45, 2.75) is 31.6 Å². The fourth-order valence-corrected chi connectivity index (χ4v) is 3.51. The number of rotatable bonds is 6. The minimum atomic E-state index is 0.130. The summed E-state index contributed by atoms with van der Waals surface area (Å²) < 4.78 is 1.94. The highest BCUT2D eigenvalue weighted by atomic mass is 32.2. The highest BCUT2D eigenvalue weighted by molar-refractivity contribution is 7.98. The predicted octanol–water partition coefficient (Wildman–Crippen LogP) is 5.08. The van der Waals surface area contributed by atoms with Gasteiger partial charge in [-0.2, -0.15) is 5.10 Å². The molecule has 0 saturated heterocycles. The summed E-state index contributed by atoms with van der Waals surface area (Å²) >= 11 is 1.54. The maximum atomic E-state index is 4.71. The SMILES string of the molecule is CSc1nc(NC(C)c2ccc(C)cc2)c2cnn(Cc3ccccc3)c2n1. The van der Waals surface area contributed by atoms with E-state index in [2.05, 4.69) is 60.7 Å². The Morgan fingerprint density at radius 2 is 1.79 bits per heavy atom. The quantitative estimate of drug-likeness (QED) is 0.368. The van der Waals surface area contributed by atoms with Crippen LogP contribution in [0, 0.1) is 6.92 Å². The number of fused-ring (bicyclic) bond motifs is 1. The molecule has 0 aliphatic heterocycles. The molecular formula is C22H23N5S. The van der Waals surface area contributed by atoms with E-state index in [1.807, 2.05) is 35.3 Å². The first-order valence-electron chi connectivity index (χ1n) is 9.28. The van der Waals surface area contributed by atoms with E-state index in [0.717, 1.165) is 22.0 Å². The summed E-state index contributed by atoms with van der Waals surface area (Å²) in [6.45, 7) is 4.93. The summed E-state index contributed by atoms with van der Waals surface area (Å²) in [5.74, 6) is 0.821. The Morgan fingerprint density at radius 3 is 2.50 bits per heavy atom. The molecule has 1 unspecified atom stereocenters. The van der Waals surface area contributed by atoms with E-state index in [9.17, 15) is 0 Å². The minimum absolute atomic E-state index is 0.130. The van der Waals surface area contributed by atoms with Crippen molar-refractivity contribution in [2.75, 3.05) is 11.6 Å². The van der Waals surface area contributed by atoms with Crippen LogP contribution in [0.3, 0.4) is 0 Å². The zero-order chi connectivity index (χ0) is 19.5. The van der Waals surface area contributed by atoms with Gasteiger partial charge < -0.3 is 5.32 Å². The fourth-order valence-electron chi connectivity index (χ4n) is 3.15. The molecule has 1 N–H and O–H groups in total. The van der Waals surface area contributed by atoms with Crippen molar-refractivity contribution in [3.8, 4) is 0 Å². The Hall–Kier alpha value is -2.86. The number of aryl methyl sites for hydroxylation is 1. The number of hydrogen-bond donors (Lipinski definition) is 1. The van der Waals surface area contributed by atoms with Gasteiger partial charge in [-0.1, -0.05) is 71.9 Å². The summed E-state index contributed by atoms with van der Waals surface area (Å²) in [7, 11) is 0. The molecule has 6 heteroatoms. The van der Waals surface area contributed by atoms with Gasteiger partial charge in [0.15, 0.2) is 10.8 Å². The molecule has 1 atom stereocenters. The molecule has 0 amide bonds. The van der Waals surface area contributed by atoms with E-state index < -0.39 is 0 Å². The van der Waals surface area contributed by atoms with Crippen molar-refractivity contribution < 1.29 is 0 Å². The van der Waals surface area contributed by atoms with E-state index in [1.54, 1.807) is 0 Å². The van der Waals surface area contributed by atoms with Gasteiger partial charge >= 0.3 is 0 Å². The first-order chi connectivity index (χ1) is 13.6. The van der Waals surface area contributed by atoms with Crippen molar-refractivity contribution in [2.24, 2.45) is 0 Å². The fraction of sp³-hybridized carbons (Fsp3) is 0.227. The Labute approximate surface area is 169 Å². The van der Waals surface area contributed by atoms with Crippen LogP contribution in [0.25, 0.3) is 11.0 Å². The van der Waals surface area contributed by atoms with Gasteiger partial charge in [0.25, 0.3) is 0 Å². The van der Waals surface area contributed by atoms with E-state index in [1.165, 1.54) is 28.5 Å². The predicted molar refractivity (Wildman–Crippen MR) is 116 cm³/mol. The van der Waals surface area contributed by atoms with Gasteiger partial charge in [-0.25, -0.2) is 14.6 Å². The monoisotopic (exact) mass is 389 g/mol. The molecule has 0 fully saturated rings. The topological polar surface area (TPSA) is 55.6 Å². The third-order valence-electron chi connectivity index (χ3n) is 4.76. The number of aromatic nitrogens is 4. The molecule has 0 radical (unpaired) electrons. The van der Waals surface area contributed by atoms with Crippen molar-refractivity contribution in [1.82, 2.24) is 19.7 Å². The molecular weight excluding hydrogens is 366 g/mol. The highest BCUT2D eigenvalue weighted by Gasteiger charge is 2.15. The lowest BCUT2D eigenvalue weighted by Crippen LogP contribution is -2.10. The van der Waals surface area contributed by atoms with Crippen molar-refractivity contribution in [1.29, 1.82) is 0 Å². The molecule has 0 aliphatic rings. The van der Waals surface area contributed by atoms with E-state index in [0.29, 0.717) is 6.54 Å². The second-order valence-corrected chi connectivity index (χ2v) is 7.63. The van der Waals surface area contributed by atoms with E-state index in [4.69, 9.17) is 9.97 Å². The first kappa shape index (κ1) is 18.5. The number of thioether (sulfide) groups is 1. The summed E-state index contributed by atoms with van der Waals surface area (Å²) in [6.07, 6.45) is 3.85. The Balaban J connectivity index is 1.69. The Morgan fingerprint density at radius 1 is 1.04 bits per heavy atom. The first-order valence-corrected chi connectivity index (χ1v) is 10.5. The summed E-state index contributed by atoms with van der Waals surface area (Å²) in [5, 5.41) is 9.81. The van der Waals surface area contributed by atoms with Crippen LogP contribution in [0.2, 0.25) is 0 Å². The molecule has 5 nitrogen and oxygen atoms in total. The van der Waals surface area contributed by atoms with Crippen LogP contribution >= 0.6 is 11.8 Å². The molecule has 4 rings (SSSR count). The van der Waals surface area contributed by atoms with Gasteiger partial charge in [-0.3, -0.25) is 0 Å². The van der Waals surface area contributed by atoms with Crippen LogP contribution < -0.4 is 5.32 Å². The maximum absolute atomic E-state index is 4.71. The number of anilines is 1. The summed E-state index contributed by atoms with van der Waals surface area (Å²) in [6, 6.07) is 19.0. The third-order valence-corrected chi connectivity index (χ3v) is 5.31.